The van der Waals surface area contributed by atoms with E-state index in [1.165, 1.54) is 55.5 Å². The summed E-state index contributed by atoms with van der Waals surface area (Å²) in [5, 5.41) is 0. The van der Waals surface area contributed by atoms with Gasteiger partial charge in [0.05, 0.1) is 13.8 Å². The molecule has 3 aromatic carbocycles. The molecule has 2 fully saturated rings. The molecule has 31 heavy (non-hydrogen) atoms. The van der Waals surface area contributed by atoms with Crippen molar-refractivity contribution in [3.63, 3.8) is 0 Å². The Labute approximate surface area is 185 Å². The Balaban J connectivity index is 0.00000112. The predicted octanol–water partition coefficient (Wildman–Crippen LogP) is 6.21. The maximum absolute atomic E-state index is 9.50. The summed E-state index contributed by atoms with van der Waals surface area (Å²) in [5.41, 5.74) is 3.18. The molecule has 0 N–H and O–H groups in total. The number of fused-ring (bicyclic) bond motifs is 1. The van der Waals surface area contributed by atoms with Crippen LogP contribution in [0.3, 0.4) is 0 Å². The molecule has 0 spiro atoms. The first-order chi connectivity index (χ1) is 15.3. The summed E-state index contributed by atoms with van der Waals surface area (Å²) in [4.78, 5) is 2.68. The second-order valence-electron chi connectivity index (χ2n) is 8.49. The molecule has 3 heteroatoms. The molecule has 0 aromatic heterocycles. The highest BCUT2D eigenvalue weighted by molar-refractivity contribution is 5.47. The van der Waals surface area contributed by atoms with Crippen molar-refractivity contribution in [1.29, 1.82) is 0 Å². The van der Waals surface area contributed by atoms with E-state index in [1.807, 2.05) is 0 Å². The van der Waals surface area contributed by atoms with Crippen LogP contribution in [-0.4, -0.2) is 37.3 Å². The molecule has 2 heterocycles. The minimum Gasteiger partial charge on any atom is -0.359 e. The van der Waals surface area contributed by atoms with Gasteiger partial charge in [-0.15, -0.1) is 0 Å². The van der Waals surface area contributed by atoms with Gasteiger partial charge in [-0.2, -0.15) is 0 Å². The second kappa shape index (κ2) is 9.76. The van der Waals surface area contributed by atoms with E-state index in [9.17, 15) is 4.39 Å². The zero-order chi connectivity index (χ0) is 21.6. The summed E-state index contributed by atoms with van der Waals surface area (Å²) in [6, 6.07) is 32.2. The van der Waals surface area contributed by atoms with Crippen LogP contribution < -0.4 is 0 Å². The molecule has 2 aliphatic heterocycles. The fourth-order valence-corrected chi connectivity index (χ4v) is 5.47. The molecule has 3 aromatic rings. The lowest BCUT2D eigenvalue weighted by Gasteiger charge is -2.40. The van der Waals surface area contributed by atoms with Crippen LogP contribution in [0.2, 0.25) is 0 Å². The number of halogens is 1. The van der Waals surface area contributed by atoms with Gasteiger partial charge < -0.3 is 4.74 Å². The number of hydrogen-bond acceptors (Lipinski definition) is 2. The summed E-state index contributed by atoms with van der Waals surface area (Å²) in [6.07, 6.45) is 5.08. The lowest BCUT2D eigenvalue weighted by Crippen LogP contribution is -2.46. The van der Waals surface area contributed by atoms with Crippen molar-refractivity contribution in [3.8, 4) is 0 Å². The number of alkyl halides is 1. The molecule has 5 rings (SSSR count). The Morgan fingerprint density at radius 3 is 1.48 bits per heavy atom. The van der Waals surface area contributed by atoms with E-state index in [0.29, 0.717) is 7.18 Å². The van der Waals surface area contributed by atoms with Crippen molar-refractivity contribution >= 4 is 0 Å². The van der Waals surface area contributed by atoms with Crippen molar-refractivity contribution in [2.24, 2.45) is 0 Å². The van der Waals surface area contributed by atoms with E-state index in [2.05, 4.69) is 95.9 Å². The molecule has 2 nitrogen and oxygen atoms in total. The second-order valence-corrected chi connectivity index (χ2v) is 8.49. The Kier molecular flexibility index (Phi) is 6.84. The predicted molar refractivity (Wildman–Crippen MR) is 125 cm³/mol. The van der Waals surface area contributed by atoms with Crippen molar-refractivity contribution in [1.82, 2.24) is 4.90 Å². The number of nitrogens with zero attached hydrogens (tertiary/aromatic N) is 1. The van der Waals surface area contributed by atoms with E-state index >= 15 is 0 Å². The SMILES string of the molecule is CF.c1ccc(C(OCC23CCCN2CCC3)(c2ccccc2)c2ccccc2)cc1. The minimum absolute atomic E-state index is 0.212. The third-order valence-corrected chi connectivity index (χ3v) is 6.91. The van der Waals surface area contributed by atoms with Crippen molar-refractivity contribution in [3.05, 3.63) is 108 Å². The van der Waals surface area contributed by atoms with Crippen LogP contribution in [-0.2, 0) is 10.3 Å². The fraction of sp³-hybridized carbons (Fsp3) is 0.357. The van der Waals surface area contributed by atoms with Crippen LogP contribution in [0.15, 0.2) is 91.0 Å². The number of rotatable bonds is 6. The first kappa shape index (κ1) is 21.7. The van der Waals surface area contributed by atoms with Crippen LogP contribution in [0.4, 0.5) is 4.39 Å². The first-order valence-electron chi connectivity index (χ1n) is 11.3. The fourth-order valence-electron chi connectivity index (χ4n) is 5.47. The molecule has 0 bridgehead atoms. The van der Waals surface area contributed by atoms with Gasteiger partial charge >= 0.3 is 0 Å². The summed E-state index contributed by atoms with van der Waals surface area (Å²) >= 11 is 0. The molecular formula is C28H32FNO. The van der Waals surface area contributed by atoms with Gasteiger partial charge in [0.2, 0.25) is 0 Å². The molecule has 2 saturated heterocycles. The smallest absolute Gasteiger partial charge is 0.143 e. The lowest BCUT2D eigenvalue weighted by molar-refractivity contribution is -0.0416. The highest BCUT2D eigenvalue weighted by Gasteiger charge is 2.47. The monoisotopic (exact) mass is 417 g/mol. The summed E-state index contributed by atoms with van der Waals surface area (Å²) < 4.78 is 16.6. The van der Waals surface area contributed by atoms with Crippen LogP contribution in [0.1, 0.15) is 42.4 Å². The summed E-state index contributed by atoms with van der Waals surface area (Å²) in [6.45, 7) is 3.21. The Hall–Kier alpha value is -2.49. The minimum atomic E-state index is -0.602. The maximum atomic E-state index is 9.50. The van der Waals surface area contributed by atoms with Gasteiger partial charge in [-0.25, -0.2) is 0 Å². The van der Waals surface area contributed by atoms with Crippen molar-refractivity contribution in [2.75, 3.05) is 26.9 Å². The van der Waals surface area contributed by atoms with Crippen molar-refractivity contribution < 1.29 is 9.13 Å². The summed E-state index contributed by atoms with van der Waals surface area (Å²) in [5.74, 6) is 0. The normalized spacial score (nSPS) is 17.6. The van der Waals surface area contributed by atoms with Gasteiger partial charge in [0.25, 0.3) is 0 Å². The first-order valence-corrected chi connectivity index (χ1v) is 11.3. The van der Waals surface area contributed by atoms with Crippen LogP contribution >= 0.6 is 0 Å². The Bertz CT molecular complexity index is 822. The van der Waals surface area contributed by atoms with Gasteiger partial charge in [0.15, 0.2) is 0 Å². The molecule has 0 saturated carbocycles. The molecule has 2 aliphatic rings. The van der Waals surface area contributed by atoms with Gasteiger partial charge in [-0.05, 0) is 55.5 Å². The third kappa shape index (κ3) is 4.05. The average Bonchev–Trinajstić information content (AvgIpc) is 3.43. The number of ether oxygens (including phenoxy) is 1. The topological polar surface area (TPSA) is 12.5 Å². The standard InChI is InChI=1S/C27H29NO.CH3F/c1-4-12-23(13-5-1)27(24-14-6-2-7-15-24,25-16-8-3-9-17-25)29-22-26-18-10-20-28(26)21-11-19-26;1-2/h1-9,12-17H,10-11,18-22H2;1H3. The molecule has 0 unspecified atom stereocenters. The van der Waals surface area contributed by atoms with Crippen molar-refractivity contribution in [2.45, 2.75) is 36.8 Å². The molecule has 162 valence electrons. The molecule has 0 amide bonds. The zero-order valence-electron chi connectivity index (χ0n) is 18.3. The molecular weight excluding hydrogens is 385 g/mol. The van der Waals surface area contributed by atoms with Crippen LogP contribution in [0, 0.1) is 0 Å². The van der Waals surface area contributed by atoms with Gasteiger partial charge in [-0.3, -0.25) is 9.29 Å². The maximum Gasteiger partial charge on any atom is 0.143 e. The van der Waals surface area contributed by atoms with Gasteiger partial charge in [-0.1, -0.05) is 91.0 Å². The third-order valence-electron chi connectivity index (χ3n) is 6.91. The summed E-state index contributed by atoms with van der Waals surface area (Å²) in [7, 11) is 0.500. The lowest BCUT2D eigenvalue weighted by atomic mass is 9.79. The Morgan fingerprint density at radius 2 is 1.10 bits per heavy atom. The number of benzene rings is 3. The highest BCUT2D eigenvalue weighted by Crippen LogP contribution is 2.45. The zero-order valence-corrected chi connectivity index (χ0v) is 18.3. The number of hydrogen-bond donors (Lipinski definition) is 0. The Morgan fingerprint density at radius 1 is 0.710 bits per heavy atom. The molecule has 0 aliphatic carbocycles. The van der Waals surface area contributed by atoms with Crippen LogP contribution in [0.25, 0.3) is 0 Å². The quantitative estimate of drug-likeness (QED) is 0.442. The molecule has 0 radical (unpaired) electrons. The largest absolute Gasteiger partial charge is 0.359 e. The van der Waals surface area contributed by atoms with E-state index in [0.717, 1.165) is 6.61 Å². The van der Waals surface area contributed by atoms with E-state index < -0.39 is 5.60 Å². The van der Waals surface area contributed by atoms with E-state index in [-0.39, 0.29) is 5.54 Å². The average molecular weight is 418 g/mol. The van der Waals surface area contributed by atoms with E-state index in [4.69, 9.17) is 4.74 Å². The van der Waals surface area contributed by atoms with Crippen LogP contribution in [0.5, 0.6) is 0 Å². The van der Waals surface area contributed by atoms with Gasteiger partial charge in [0.1, 0.15) is 5.60 Å². The van der Waals surface area contributed by atoms with E-state index in [1.54, 1.807) is 0 Å². The molecule has 0 atom stereocenters. The highest BCUT2D eigenvalue weighted by atomic mass is 19.1. The van der Waals surface area contributed by atoms with Gasteiger partial charge in [0, 0.05) is 5.54 Å².